The van der Waals surface area contributed by atoms with Crippen molar-refractivity contribution in [1.82, 2.24) is 14.8 Å². The van der Waals surface area contributed by atoms with E-state index in [9.17, 15) is 9.59 Å². The van der Waals surface area contributed by atoms with E-state index >= 15 is 0 Å². The number of carbonyl (C=O) groups excluding carboxylic acids is 1. The van der Waals surface area contributed by atoms with Crippen LogP contribution in [0.4, 0.5) is 5.82 Å². The average Bonchev–Trinajstić information content (AvgIpc) is 3.20. The third-order valence-corrected chi connectivity index (χ3v) is 6.48. The number of hydrogen-bond acceptors (Lipinski definition) is 5. The van der Waals surface area contributed by atoms with E-state index in [0.717, 1.165) is 13.0 Å². The Balaban J connectivity index is 1.82. The van der Waals surface area contributed by atoms with E-state index < -0.39 is 5.91 Å². The zero-order chi connectivity index (χ0) is 17.8. The van der Waals surface area contributed by atoms with Crippen LogP contribution in [0.3, 0.4) is 0 Å². The molecule has 25 heavy (non-hydrogen) atoms. The molecule has 4 rings (SSSR count). The molecule has 0 bridgehead atoms. The molecule has 2 unspecified atom stereocenters. The molecule has 132 valence electrons. The number of H-pyrrole nitrogens is 1. The zero-order valence-corrected chi connectivity index (χ0v) is 15.0. The van der Waals surface area contributed by atoms with Gasteiger partial charge in [0.2, 0.25) is 0 Å². The van der Waals surface area contributed by atoms with Crippen LogP contribution in [0.25, 0.3) is 5.82 Å². The van der Waals surface area contributed by atoms with Crippen LogP contribution in [-0.4, -0.2) is 43.3 Å². The Bertz CT molecular complexity index is 887. The van der Waals surface area contributed by atoms with Crippen molar-refractivity contribution >= 4 is 23.5 Å². The van der Waals surface area contributed by atoms with E-state index in [-0.39, 0.29) is 11.1 Å². The topological polar surface area (TPSA) is 97.0 Å². The molecule has 4 heterocycles. The zero-order valence-electron chi connectivity index (χ0n) is 14.2. The summed E-state index contributed by atoms with van der Waals surface area (Å²) in [4.78, 5) is 30.3. The summed E-state index contributed by atoms with van der Waals surface area (Å²) >= 11 is 1.99. The Kier molecular flexibility index (Phi) is 3.68. The summed E-state index contributed by atoms with van der Waals surface area (Å²) < 4.78 is 1.55. The van der Waals surface area contributed by atoms with Crippen LogP contribution in [0.15, 0.2) is 29.2 Å². The fraction of sp³-hybridized carbons (Fsp3) is 0.471. The first kappa shape index (κ1) is 16.3. The fourth-order valence-corrected chi connectivity index (χ4v) is 4.53. The SMILES string of the molecule is CC1(C)CCC2SC2CN1c1nc(-n2ccc(=O)[nH]2)ccc1C(N)=O. The van der Waals surface area contributed by atoms with Gasteiger partial charge in [-0.15, -0.1) is 0 Å². The van der Waals surface area contributed by atoms with Gasteiger partial charge >= 0.3 is 0 Å². The first-order valence-electron chi connectivity index (χ1n) is 8.37. The largest absolute Gasteiger partial charge is 0.365 e. The molecule has 0 aliphatic carbocycles. The van der Waals surface area contributed by atoms with Crippen LogP contribution in [0.5, 0.6) is 0 Å². The van der Waals surface area contributed by atoms with Crippen molar-refractivity contribution in [3.8, 4) is 5.82 Å². The Morgan fingerprint density at radius 1 is 1.36 bits per heavy atom. The van der Waals surface area contributed by atoms with Crippen molar-refractivity contribution in [2.24, 2.45) is 5.73 Å². The Hall–Kier alpha value is -2.22. The maximum Gasteiger partial charge on any atom is 0.264 e. The van der Waals surface area contributed by atoms with Crippen molar-refractivity contribution in [3.05, 3.63) is 40.3 Å². The summed E-state index contributed by atoms with van der Waals surface area (Å²) in [6.07, 6.45) is 3.83. The third-order valence-electron chi connectivity index (χ3n) is 5.06. The Labute approximate surface area is 149 Å². The molecule has 3 N–H and O–H groups in total. The molecule has 0 saturated carbocycles. The first-order chi connectivity index (χ1) is 11.8. The molecule has 2 atom stereocenters. The lowest BCUT2D eigenvalue weighted by Crippen LogP contribution is -2.46. The second-order valence-electron chi connectivity index (χ2n) is 7.24. The molecule has 7 nitrogen and oxygen atoms in total. The lowest BCUT2D eigenvalue weighted by Gasteiger charge is -2.39. The van der Waals surface area contributed by atoms with Crippen LogP contribution in [-0.2, 0) is 0 Å². The minimum Gasteiger partial charge on any atom is -0.365 e. The standard InChI is InChI=1S/C17H21N5O2S/c1-17(2)7-5-11-12(25-11)9-21(17)16-10(15(18)24)3-4-13(19-16)22-8-6-14(23)20-22/h3-4,6,8,11-12H,5,7,9H2,1-2H3,(H2,18,24)(H,20,23). The van der Waals surface area contributed by atoms with Crippen molar-refractivity contribution in [2.75, 3.05) is 11.4 Å². The Morgan fingerprint density at radius 3 is 2.84 bits per heavy atom. The molecule has 2 fully saturated rings. The van der Waals surface area contributed by atoms with Gasteiger partial charge in [-0.05, 0) is 38.8 Å². The van der Waals surface area contributed by atoms with E-state index in [1.54, 1.807) is 23.0 Å². The molecule has 2 saturated heterocycles. The molecular formula is C17H21N5O2S. The van der Waals surface area contributed by atoms with Crippen molar-refractivity contribution in [3.63, 3.8) is 0 Å². The van der Waals surface area contributed by atoms with E-state index in [4.69, 9.17) is 10.7 Å². The number of rotatable bonds is 3. The van der Waals surface area contributed by atoms with Crippen molar-refractivity contribution in [2.45, 2.75) is 42.7 Å². The minimum atomic E-state index is -0.491. The van der Waals surface area contributed by atoms with Gasteiger partial charge in [-0.3, -0.25) is 14.7 Å². The number of fused-ring (bicyclic) bond motifs is 1. The van der Waals surface area contributed by atoms with Gasteiger partial charge in [0.1, 0.15) is 5.82 Å². The number of anilines is 1. The summed E-state index contributed by atoms with van der Waals surface area (Å²) in [5, 5.41) is 3.98. The predicted octanol–water partition coefficient (Wildman–Crippen LogP) is 1.52. The molecule has 2 aliphatic rings. The van der Waals surface area contributed by atoms with E-state index in [2.05, 4.69) is 23.8 Å². The maximum absolute atomic E-state index is 12.0. The van der Waals surface area contributed by atoms with Crippen LogP contribution in [0, 0.1) is 0 Å². The number of aromatic nitrogens is 3. The second kappa shape index (κ2) is 5.66. The highest BCUT2D eigenvalue weighted by Crippen LogP contribution is 2.50. The second-order valence-corrected chi connectivity index (χ2v) is 8.72. The quantitative estimate of drug-likeness (QED) is 0.810. The number of nitrogens with zero attached hydrogens (tertiary/aromatic N) is 3. The van der Waals surface area contributed by atoms with E-state index in [1.807, 2.05) is 11.8 Å². The number of aromatic amines is 1. The number of carbonyl (C=O) groups is 1. The van der Waals surface area contributed by atoms with Crippen LogP contribution in [0.1, 0.15) is 37.0 Å². The first-order valence-corrected chi connectivity index (χ1v) is 9.31. The highest BCUT2D eigenvalue weighted by atomic mass is 32.2. The van der Waals surface area contributed by atoms with Gasteiger partial charge in [-0.2, -0.15) is 11.8 Å². The minimum absolute atomic E-state index is 0.117. The lowest BCUT2D eigenvalue weighted by molar-refractivity contribution is 0.100. The number of pyridine rings is 1. The lowest BCUT2D eigenvalue weighted by atomic mass is 9.96. The summed E-state index contributed by atoms with van der Waals surface area (Å²) in [6, 6.07) is 4.82. The molecule has 2 aromatic heterocycles. The third kappa shape index (κ3) is 2.95. The van der Waals surface area contributed by atoms with Gasteiger partial charge < -0.3 is 10.6 Å². The number of hydrogen-bond donors (Lipinski definition) is 2. The van der Waals surface area contributed by atoms with Gasteiger partial charge in [-0.25, -0.2) is 9.67 Å². The van der Waals surface area contributed by atoms with Crippen LogP contribution < -0.4 is 16.2 Å². The average molecular weight is 359 g/mol. The van der Waals surface area contributed by atoms with E-state index in [0.29, 0.717) is 27.7 Å². The molecule has 2 aromatic rings. The highest BCUT2D eigenvalue weighted by molar-refractivity contribution is 8.07. The maximum atomic E-state index is 12.0. The molecule has 1 amide bonds. The summed E-state index contributed by atoms with van der Waals surface area (Å²) in [7, 11) is 0. The van der Waals surface area contributed by atoms with E-state index in [1.165, 1.54) is 12.5 Å². The normalized spacial score (nSPS) is 24.5. The van der Waals surface area contributed by atoms with Crippen molar-refractivity contribution < 1.29 is 4.79 Å². The number of amides is 1. The van der Waals surface area contributed by atoms with Crippen LogP contribution >= 0.6 is 11.8 Å². The number of nitrogens with two attached hydrogens (primary N) is 1. The fourth-order valence-electron chi connectivity index (χ4n) is 3.46. The highest BCUT2D eigenvalue weighted by Gasteiger charge is 2.46. The molecule has 0 aromatic carbocycles. The Morgan fingerprint density at radius 2 is 2.16 bits per heavy atom. The van der Waals surface area contributed by atoms with Gasteiger partial charge in [0, 0.05) is 34.8 Å². The van der Waals surface area contributed by atoms with Gasteiger partial charge in [0.05, 0.1) is 5.56 Å². The monoisotopic (exact) mass is 359 g/mol. The smallest absolute Gasteiger partial charge is 0.264 e. The van der Waals surface area contributed by atoms with Gasteiger partial charge in [0.25, 0.3) is 11.5 Å². The summed E-state index contributed by atoms with van der Waals surface area (Å²) in [5.74, 6) is 0.662. The molecular weight excluding hydrogens is 338 g/mol. The molecule has 0 radical (unpaired) electrons. The van der Waals surface area contributed by atoms with Gasteiger partial charge in [-0.1, -0.05) is 0 Å². The molecule has 0 spiro atoms. The molecule has 8 heteroatoms. The van der Waals surface area contributed by atoms with Crippen molar-refractivity contribution in [1.29, 1.82) is 0 Å². The number of primary amides is 1. The number of nitrogens with one attached hydrogen (secondary N) is 1. The predicted molar refractivity (Wildman–Crippen MR) is 98.5 cm³/mol. The van der Waals surface area contributed by atoms with Gasteiger partial charge in [0.15, 0.2) is 5.82 Å². The molecule has 2 aliphatic heterocycles. The number of thioether (sulfide) groups is 1. The summed E-state index contributed by atoms with van der Waals surface area (Å²) in [6.45, 7) is 5.21. The summed E-state index contributed by atoms with van der Waals surface area (Å²) in [5.41, 5.74) is 5.71. The van der Waals surface area contributed by atoms with Crippen LogP contribution in [0.2, 0.25) is 0 Å².